The van der Waals surface area contributed by atoms with Gasteiger partial charge >= 0.3 is 6.09 Å². The zero-order valence-corrected chi connectivity index (χ0v) is 10.9. The Kier molecular flexibility index (Phi) is 3.99. The Morgan fingerprint density at radius 3 is 2.24 bits per heavy atom. The summed E-state index contributed by atoms with van der Waals surface area (Å²) in [5.74, 6) is 0. The van der Waals surface area contributed by atoms with Gasteiger partial charge in [-0.15, -0.1) is 0 Å². The minimum atomic E-state index is -0.488. The zero-order chi connectivity index (χ0) is 13.1. The zero-order valence-electron chi connectivity index (χ0n) is 10.9. The van der Waals surface area contributed by atoms with Crippen LogP contribution in [0.5, 0.6) is 0 Å². The second kappa shape index (κ2) is 5.08. The summed E-state index contributed by atoms with van der Waals surface area (Å²) in [5, 5.41) is 0. The van der Waals surface area contributed by atoms with Crippen molar-refractivity contribution in [3.8, 4) is 0 Å². The smallest absolute Gasteiger partial charge is 0.414 e. The fourth-order valence-corrected chi connectivity index (χ4v) is 1.39. The van der Waals surface area contributed by atoms with Gasteiger partial charge in [0.2, 0.25) is 0 Å². The molecule has 0 aliphatic rings. The van der Waals surface area contributed by atoms with Gasteiger partial charge in [0.25, 0.3) is 0 Å². The summed E-state index contributed by atoms with van der Waals surface area (Å²) in [7, 11) is 0. The number of ether oxygens (including phenoxy) is 1. The molecule has 0 radical (unpaired) electrons. The minimum absolute atomic E-state index is 0.343. The monoisotopic (exact) mass is 236 g/mol. The third-order valence-corrected chi connectivity index (χ3v) is 2.13. The van der Waals surface area contributed by atoms with E-state index in [1.54, 1.807) is 17.0 Å². The summed E-state index contributed by atoms with van der Waals surface area (Å²) in [5.41, 5.74) is 6.59. The average molecular weight is 236 g/mol. The average Bonchev–Trinajstić information content (AvgIpc) is 2.19. The molecule has 0 bridgehead atoms. The van der Waals surface area contributed by atoms with Crippen molar-refractivity contribution in [3.63, 3.8) is 0 Å². The molecule has 0 fully saturated rings. The molecule has 2 N–H and O–H groups in total. The number of hydrogen-bond acceptors (Lipinski definition) is 3. The second-order valence-electron chi connectivity index (χ2n) is 4.82. The van der Waals surface area contributed by atoms with E-state index in [2.05, 4.69) is 0 Å². The maximum Gasteiger partial charge on any atom is 0.414 e. The van der Waals surface area contributed by atoms with Crippen molar-refractivity contribution in [3.05, 3.63) is 24.3 Å². The molecule has 0 aromatic heterocycles. The van der Waals surface area contributed by atoms with Gasteiger partial charge in [0, 0.05) is 17.9 Å². The highest BCUT2D eigenvalue weighted by atomic mass is 16.6. The van der Waals surface area contributed by atoms with E-state index in [0.717, 1.165) is 5.69 Å². The molecule has 17 heavy (non-hydrogen) atoms. The van der Waals surface area contributed by atoms with Crippen LogP contribution in [0.25, 0.3) is 0 Å². The van der Waals surface area contributed by atoms with E-state index in [1.165, 1.54) is 0 Å². The Balaban J connectivity index is 2.84. The normalized spacial score (nSPS) is 11.1. The fraction of sp³-hybridized carbons (Fsp3) is 0.462. The van der Waals surface area contributed by atoms with Crippen molar-refractivity contribution in [1.82, 2.24) is 0 Å². The van der Waals surface area contributed by atoms with Crippen molar-refractivity contribution >= 4 is 17.5 Å². The number of nitrogens with two attached hydrogens (primary N) is 1. The topological polar surface area (TPSA) is 55.6 Å². The van der Waals surface area contributed by atoms with Crippen LogP contribution in [0.4, 0.5) is 16.2 Å². The molecule has 1 rings (SSSR count). The van der Waals surface area contributed by atoms with Gasteiger partial charge in [-0.25, -0.2) is 4.79 Å². The number of anilines is 2. The van der Waals surface area contributed by atoms with Crippen molar-refractivity contribution in [2.45, 2.75) is 33.3 Å². The van der Waals surface area contributed by atoms with Gasteiger partial charge in [0.1, 0.15) is 5.60 Å². The molecule has 4 nitrogen and oxygen atoms in total. The molecule has 0 aliphatic heterocycles. The van der Waals surface area contributed by atoms with Crippen LogP contribution in [0, 0.1) is 0 Å². The van der Waals surface area contributed by atoms with E-state index in [-0.39, 0.29) is 6.09 Å². The van der Waals surface area contributed by atoms with Crippen LogP contribution in [-0.2, 0) is 4.74 Å². The number of amides is 1. The SMILES string of the molecule is CCN(C(=O)OC(C)(C)C)c1ccc(N)cc1. The standard InChI is InChI=1S/C13H20N2O2/c1-5-15(12(16)17-13(2,3)4)11-8-6-10(14)7-9-11/h6-9H,5,14H2,1-4H3. The fourth-order valence-electron chi connectivity index (χ4n) is 1.39. The number of nitrogens with zero attached hydrogens (tertiary/aromatic N) is 1. The van der Waals surface area contributed by atoms with E-state index in [0.29, 0.717) is 12.2 Å². The quantitative estimate of drug-likeness (QED) is 0.803. The summed E-state index contributed by atoms with van der Waals surface area (Å²) in [4.78, 5) is 13.5. The van der Waals surface area contributed by atoms with Gasteiger partial charge in [-0.05, 0) is 52.0 Å². The van der Waals surface area contributed by atoms with E-state index >= 15 is 0 Å². The third kappa shape index (κ3) is 3.98. The van der Waals surface area contributed by atoms with E-state index in [1.807, 2.05) is 39.8 Å². The molecular weight excluding hydrogens is 216 g/mol. The first kappa shape index (κ1) is 13.4. The Morgan fingerprint density at radius 1 is 1.29 bits per heavy atom. The molecule has 0 unspecified atom stereocenters. The lowest BCUT2D eigenvalue weighted by Gasteiger charge is -2.26. The second-order valence-corrected chi connectivity index (χ2v) is 4.82. The van der Waals surface area contributed by atoms with Gasteiger partial charge in [-0.2, -0.15) is 0 Å². The van der Waals surface area contributed by atoms with E-state index < -0.39 is 5.60 Å². The number of carbonyl (C=O) groups excluding carboxylic acids is 1. The molecule has 0 aliphatic carbocycles. The summed E-state index contributed by atoms with van der Waals surface area (Å²) in [6.07, 6.45) is -0.343. The lowest BCUT2D eigenvalue weighted by Crippen LogP contribution is -2.36. The van der Waals surface area contributed by atoms with Crippen molar-refractivity contribution in [1.29, 1.82) is 0 Å². The van der Waals surface area contributed by atoms with E-state index in [9.17, 15) is 4.79 Å². The van der Waals surface area contributed by atoms with Gasteiger partial charge in [-0.3, -0.25) is 4.90 Å². The summed E-state index contributed by atoms with van der Waals surface area (Å²) in [6, 6.07) is 7.15. The first-order valence-corrected chi connectivity index (χ1v) is 5.69. The third-order valence-electron chi connectivity index (χ3n) is 2.13. The number of rotatable bonds is 2. The molecule has 4 heteroatoms. The first-order valence-electron chi connectivity index (χ1n) is 5.69. The molecule has 0 spiro atoms. The highest BCUT2D eigenvalue weighted by Gasteiger charge is 2.21. The Bertz CT molecular complexity index is 379. The van der Waals surface area contributed by atoms with Crippen LogP contribution in [0.2, 0.25) is 0 Å². The van der Waals surface area contributed by atoms with Crippen LogP contribution >= 0.6 is 0 Å². The summed E-state index contributed by atoms with van der Waals surface area (Å²) < 4.78 is 5.33. The van der Waals surface area contributed by atoms with Crippen LogP contribution in [-0.4, -0.2) is 18.2 Å². The van der Waals surface area contributed by atoms with Gasteiger partial charge in [-0.1, -0.05) is 0 Å². The summed E-state index contributed by atoms with van der Waals surface area (Å²) in [6.45, 7) is 8.00. The van der Waals surface area contributed by atoms with Crippen LogP contribution in [0.3, 0.4) is 0 Å². The number of nitrogen functional groups attached to an aromatic ring is 1. The van der Waals surface area contributed by atoms with Crippen molar-refractivity contribution in [2.75, 3.05) is 17.2 Å². The maximum atomic E-state index is 11.9. The lowest BCUT2D eigenvalue weighted by atomic mass is 10.2. The Labute approximate surface area is 102 Å². The number of hydrogen-bond donors (Lipinski definition) is 1. The lowest BCUT2D eigenvalue weighted by molar-refractivity contribution is 0.0582. The van der Waals surface area contributed by atoms with Crippen LogP contribution in [0.15, 0.2) is 24.3 Å². The Hall–Kier alpha value is -1.71. The largest absolute Gasteiger partial charge is 0.443 e. The highest BCUT2D eigenvalue weighted by Crippen LogP contribution is 2.19. The van der Waals surface area contributed by atoms with Gasteiger partial charge in [0.05, 0.1) is 0 Å². The molecule has 0 saturated heterocycles. The van der Waals surface area contributed by atoms with Crippen molar-refractivity contribution in [2.24, 2.45) is 0 Å². The molecule has 1 aromatic carbocycles. The molecule has 0 heterocycles. The highest BCUT2D eigenvalue weighted by molar-refractivity contribution is 5.88. The predicted molar refractivity (Wildman–Crippen MR) is 70.1 cm³/mol. The number of carbonyl (C=O) groups is 1. The van der Waals surface area contributed by atoms with Gasteiger partial charge in [0.15, 0.2) is 0 Å². The molecular formula is C13H20N2O2. The molecule has 1 aromatic rings. The minimum Gasteiger partial charge on any atom is -0.443 e. The van der Waals surface area contributed by atoms with Gasteiger partial charge < -0.3 is 10.5 Å². The van der Waals surface area contributed by atoms with Crippen molar-refractivity contribution < 1.29 is 9.53 Å². The predicted octanol–water partition coefficient (Wildman–Crippen LogP) is 3.03. The number of benzene rings is 1. The molecule has 0 saturated carbocycles. The molecule has 1 amide bonds. The van der Waals surface area contributed by atoms with Crippen LogP contribution < -0.4 is 10.6 Å². The summed E-state index contributed by atoms with van der Waals surface area (Å²) >= 11 is 0. The maximum absolute atomic E-state index is 11.9. The Morgan fingerprint density at radius 2 is 1.82 bits per heavy atom. The van der Waals surface area contributed by atoms with Crippen LogP contribution in [0.1, 0.15) is 27.7 Å². The molecule has 0 atom stereocenters. The first-order chi connectivity index (χ1) is 7.83. The van der Waals surface area contributed by atoms with E-state index in [4.69, 9.17) is 10.5 Å². The molecule has 94 valence electrons.